The lowest BCUT2D eigenvalue weighted by Crippen LogP contribution is -2.73. The number of carbonyl (C=O) groups excluding carboxylic acids is 2. The number of rotatable bonds is 25. The van der Waals surface area contributed by atoms with Crippen molar-refractivity contribution in [3.05, 3.63) is 0 Å². The van der Waals surface area contributed by atoms with Crippen LogP contribution in [0.5, 0.6) is 0 Å². The van der Waals surface area contributed by atoms with Gasteiger partial charge in [-0.15, -0.1) is 0 Å². The summed E-state index contributed by atoms with van der Waals surface area (Å²) in [7, 11) is 0. The minimum absolute atomic E-state index is 0.0707. The molecule has 0 aliphatic carbocycles. The van der Waals surface area contributed by atoms with E-state index in [1.165, 1.54) is 0 Å². The van der Waals surface area contributed by atoms with Crippen molar-refractivity contribution in [3.63, 3.8) is 0 Å². The molecule has 0 aromatic rings. The molecular formula is C40H69N3O27. The summed E-state index contributed by atoms with van der Waals surface area (Å²) in [5.74, 6) is -12.9. The van der Waals surface area contributed by atoms with Crippen LogP contribution in [-0.2, 0) is 57.1 Å². The van der Waals surface area contributed by atoms with Gasteiger partial charge in [-0.2, -0.15) is 0 Å². The van der Waals surface area contributed by atoms with Crippen LogP contribution >= 0.6 is 0 Å². The van der Waals surface area contributed by atoms with E-state index in [4.69, 9.17) is 43.6 Å². The van der Waals surface area contributed by atoms with Crippen LogP contribution in [0.4, 0.5) is 0 Å². The summed E-state index contributed by atoms with van der Waals surface area (Å²) in [6.07, 6.45) is -37.3. The summed E-state index contributed by atoms with van der Waals surface area (Å²) in [6, 6.07) is -3.67. The topological polar surface area (TPSA) is 496 Å². The van der Waals surface area contributed by atoms with Gasteiger partial charge in [0.05, 0.1) is 50.7 Å². The zero-order chi connectivity index (χ0) is 52.4. The van der Waals surface area contributed by atoms with Crippen LogP contribution in [0.1, 0.15) is 52.4 Å². The molecule has 0 aromatic heterocycles. The molecule has 70 heavy (non-hydrogen) atoms. The minimum Gasteiger partial charge on any atom is -0.477 e. The van der Waals surface area contributed by atoms with Gasteiger partial charge >= 0.3 is 11.9 Å². The highest BCUT2D eigenvalue weighted by molar-refractivity contribution is 5.77. The summed E-state index contributed by atoms with van der Waals surface area (Å²) in [5, 5.41) is 166. The van der Waals surface area contributed by atoms with Gasteiger partial charge in [0, 0.05) is 33.3 Å². The van der Waals surface area contributed by atoms with Crippen LogP contribution in [0.3, 0.4) is 0 Å². The largest absolute Gasteiger partial charge is 0.477 e. The van der Waals surface area contributed by atoms with Crippen molar-refractivity contribution in [2.45, 2.75) is 186 Å². The van der Waals surface area contributed by atoms with Gasteiger partial charge in [-0.05, 0) is 19.4 Å². The van der Waals surface area contributed by atoms with E-state index in [2.05, 4.69) is 10.6 Å². The normalized spacial score (nSPS) is 39.8. The zero-order valence-electron chi connectivity index (χ0n) is 38.2. The molecule has 4 rings (SSSR count). The molecule has 4 aliphatic heterocycles. The number of hydrogen-bond donors (Lipinski definition) is 18. The monoisotopic (exact) mass is 1020 g/mol. The van der Waals surface area contributed by atoms with Gasteiger partial charge in [-0.1, -0.05) is 12.8 Å². The molecule has 406 valence electrons. The Morgan fingerprint density at radius 3 is 1.71 bits per heavy atom. The van der Waals surface area contributed by atoms with E-state index in [-0.39, 0.29) is 6.61 Å². The zero-order valence-corrected chi connectivity index (χ0v) is 38.2. The van der Waals surface area contributed by atoms with Crippen molar-refractivity contribution in [1.82, 2.24) is 10.6 Å². The number of nitrogens with two attached hydrogens (primary N) is 1. The van der Waals surface area contributed by atoms with Crippen LogP contribution in [0, 0.1) is 0 Å². The first-order valence-electron chi connectivity index (χ1n) is 22.5. The first-order valence-corrected chi connectivity index (χ1v) is 22.5. The molecular weight excluding hydrogens is 954 g/mol. The molecule has 4 saturated heterocycles. The maximum atomic E-state index is 13.4. The van der Waals surface area contributed by atoms with Crippen molar-refractivity contribution in [2.24, 2.45) is 5.73 Å². The molecule has 22 atom stereocenters. The molecule has 0 radical (unpaired) electrons. The number of ether oxygens (including phenoxy) is 8. The number of unbranched alkanes of at least 4 members (excludes halogenated alkanes) is 3. The van der Waals surface area contributed by atoms with E-state index in [0.717, 1.165) is 33.1 Å². The van der Waals surface area contributed by atoms with Gasteiger partial charge in [-0.25, -0.2) is 9.59 Å². The van der Waals surface area contributed by atoms with Crippen molar-refractivity contribution < 1.29 is 134 Å². The van der Waals surface area contributed by atoms with Gasteiger partial charge in [0.15, 0.2) is 12.6 Å². The Morgan fingerprint density at radius 1 is 0.657 bits per heavy atom. The SMILES string of the molecule is CC(=O)N[C@H]1[C@H]([C@H](O[C@]2(C(=O)O)C[C@H](O)[C@@H](NC(C)=O)[C@H]([C@H](O)[C@H](O)CO)O2)[C@H](O)CO)O[C@@](O[C@H]2[C@@H](O)[C@@H](CO)O[C@@H](O[C@H]3[C@H](O)[C@@H](O)[C@H](OCCCCCCN)O[C@@H]3CO)[C@@H]2O)(C(=O)O)C[C@@H]1O. The number of amides is 2. The second kappa shape index (κ2) is 26.3. The highest BCUT2D eigenvalue weighted by Crippen LogP contribution is 2.42. The predicted molar refractivity (Wildman–Crippen MR) is 223 cm³/mol. The van der Waals surface area contributed by atoms with E-state index in [1.54, 1.807) is 0 Å². The molecule has 4 heterocycles. The Labute approximate surface area is 399 Å². The molecule has 4 fully saturated rings. The molecule has 0 saturated carbocycles. The molecule has 4 aliphatic rings. The summed E-state index contributed by atoms with van der Waals surface area (Å²) in [4.78, 5) is 51.2. The molecule has 30 nitrogen and oxygen atoms in total. The fourth-order valence-electron chi connectivity index (χ4n) is 8.69. The Balaban J connectivity index is 1.72. The third-order valence-corrected chi connectivity index (χ3v) is 12.3. The van der Waals surface area contributed by atoms with Crippen LogP contribution in [0.25, 0.3) is 0 Å². The molecule has 19 N–H and O–H groups in total. The molecule has 0 bridgehead atoms. The van der Waals surface area contributed by atoms with Crippen molar-refractivity contribution in [3.8, 4) is 0 Å². The first-order chi connectivity index (χ1) is 33.0. The second-order valence-electron chi connectivity index (χ2n) is 17.5. The number of carboxylic acids is 2. The number of hydrogen-bond acceptors (Lipinski definition) is 26. The van der Waals surface area contributed by atoms with Gasteiger partial charge in [0.1, 0.15) is 85.5 Å². The third kappa shape index (κ3) is 13.8. The van der Waals surface area contributed by atoms with Gasteiger partial charge < -0.3 is 131 Å². The van der Waals surface area contributed by atoms with E-state index < -0.39 is 197 Å². The maximum absolute atomic E-state index is 13.4. The summed E-state index contributed by atoms with van der Waals surface area (Å²) in [6.45, 7) is -2.11. The number of carbonyl (C=O) groups is 4. The molecule has 0 spiro atoms. The number of carboxylic acid groups (broad SMARTS) is 2. The van der Waals surface area contributed by atoms with Crippen molar-refractivity contribution in [1.29, 1.82) is 0 Å². The lowest BCUT2D eigenvalue weighted by Gasteiger charge is -2.52. The lowest BCUT2D eigenvalue weighted by molar-refractivity contribution is -0.393. The summed E-state index contributed by atoms with van der Waals surface area (Å²) >= 11 is 0. The Morgan fingerprint density at radius 2 is 1.19 bits per heavy atom. The van der Waals surface area contributed by atoms with Crippen LogP contribution in [0.15, 0.2) is 0 Å². The summed E-state index contributed by atoms with van der Waals surface area (Å²) < 4.78 is 45.6. The van der Waals surface area contributed by atoms with Crippen LogP contribution < -0.4 is 16.4 Å². The highest BCUT2D eigenvalue weighted by Gasteiger charge is 2.63. The van der Waals surface area contributed by atoms with Crippen LogP contribution in [-0.4, -0.2) is 274 Å². The Bertz CT molecular complexity index is 1690. The fourth-order valence-corrected chi connectivity index (χ4v) is 8.69. The number of aliphatic hydroxyl groups excluding tert-OH is 13. The fraction of sp³-hybridized carbons (Fsp3) is 0.900. The van der Waals surface area contributed by atoms with E-state index in [9.17, 15) is 95.8 Å². The standard InChI is InChI=1S/C40H69N3O27/c1-15(48)42-23-17(50)9-39(37(59)60,68-32(23)25(54)19(52)11-44)67-30(20(53)12-45)33-24(43-16(2)49)18(51)10-40(69-33,38(61)62)70-34-26(55)21(13-46)64-36(29(34)58)66-31-22(14-47)65-35(28(57)27(31)56)63-8-6-4-3-5-7-41/h17-36,44-47,50-58H,3-14,41H2,1-2H3,(H,42,48)(H,43,49)(H,59,60)(H,61,62)/t17-,18-,19+,20+,21+,22+,23+,24+,25+,26-,27+,28+,29+,30+,31+,32+,33+,34-,35+,36-,39+,40-/m0/s1. The highest BCUT2D eigenvalue weighted by atomic mass is 16.8. The average Bonchev–Trinajstić information content (AvgIpc) is 3.31. The lowest BCUT2D eigenvalue weighted by atomic mass is 9.86. The van der Waals surface area contributed by atoms with E-state index in [1.807, 2.05) is 0 Å². The average molecular weight is 1020 g/mol. The predicted octanol–water partition coefficient (Wildman–Crippen LogP) is -9.51. The molecule has 30 heteroatoms. The van der Waals surface area contributed by atoms with Gasteiger partial charge in [0.2, 0.25) is 11.8 Å². The first kappa shape index (κ1) is 59.6. The van der Waals surface area contributed by atoms with E-state index in [0.29, 0.717) is 13.0 Å². The quantitative estimate of drug-likeness (QED) is 0.0378. The van der Waals surface area contributed by atoms with Crippen molar-refractivity contribution in [2.75, 3.05) is 39.6 Å². The van der Waals surface area contributed by atoms with Crippen molar-refractivity contribution >= 4 is 23.8 Å². The Kier molecular flexibility index (Phi) is 22.4. The molecule has 0 aromatic carbocycles. The second-order valence-corrected chi connectivity index (χ2v) is 17.5. The minimum atomic E-state index is -3.39. The number of aliphatic hydroxyl groups is 13. The maximum Gasteiger partial charge on any atom is 0.364 e. The van der Waals surface area contributed by atoms with Gasteiger partial charge in [-0.3, -0.25) is 9.59 Å². The molecule has 2 amide bonds. The molecule has 0 unspecified atom stereocenters. The van der Waals surface area contributed by atoms with Crippen LogP contribution in [0.2, 0.25) is 0 Å². The number of aliphatic carboxylic acids is 2. The van der Waals surface area contributed by atoms with E-state index >= 15 is 0 Å². The van der Waals surface area contributed by atoms with Gasteiger partial charge in [0.25, 0.3) is 11.6 Å². The third-order valence-electron chi connectivity index (χ3n) is 12.3. The smallest absolute Gasteiger partial charge is 0.364 e. The summed E-state index contributed by atoms with van der Waals surface area (Å²) in [5.41, 5.74) is 5.50. The Hall–Kier alpha value is -3.00. The number of nitrogens with one attached hydrogen (secondary N) is 2.